The van der Waals surface area contributed by atoms with Gasteiger partial charge in [-0.15, -0.1) is 0 Å². The molecule has 1 amide bonds. The van der Waals surface area contributed by atoms with Crippen LogP contribution < -0.4 is 5.32 Å². The number of ketones is 1. The summed E-state index contributed by atoms with van der Waals surface area (Å²) >= 11 is 0. The van der Waals surface area contributed by atoms with Crippen molar-refractivity contribution < 1.29 is 28.4 Å². The standard InChI is InChI=1S/C25H22FN3O6/c1-27-21-12-9-17(13-22(21)29(33)34)24(31)19-5-3-4-6-20(19)25(32)35-15-23(30)28(2)14-16-7-10-18(26)11-8-16/h3-13,27H,14-15H2,1-2H3. The van der Waals surface area contributed by atoms with E-state index in [9.17, 15) is 28.9 Å². The van der Waals surface area contributed by atoms with Crippen molar-refractivity contribution in [2.24, 2.45) is 0 Å². The Bertz CT molecular complexity index is 1280. The highest BCUT2D eigenvalue weighted by molar-refractivity contribution is 6.15. The molecule has 0 atom stereocenters. The first-order chi connectivity index (χ1) is 16.7. The van der Waals surface area contributed by atoms with E-state index in [1.165, 1.54) is 61.5 Å². The number of benzene rings is 3. The van der Waals surface area contributed by atoms with Crippen LogP contribution in [0.4, 0.5) is 15.8 Å². The number of nitrogens with one attached hydrogen (secondary N) is 1. The van der Waals surface area contributed by atoms with Gasteiger partial charge in [-0.3, -0.25) is 19.7 Å². The van der Waals surface area contributed by atoms with Crippen LogP contribution in [0.2, 0.25) is 0 Å². The minimum atomic E-state index is -0.890. The number of nitro groups is 1. The fourth-order valence-corrected chi connectivity index (χ4v) is 3.32. The molecule has 1 N–H and O–H groups in total. The summed E-state index contributed by atoms with van der Waals surface area (Å²) in [7, 11) is 3.03. The number of halogens is 1. The number of carbonyl (C=O) groups excluding carboxylic acids is 3. The van der Waals surface area contributed by atoms with Crippen molar-refractivity contribution in [2.75, 3.05) is 26.0 Å². The molecule has 0 spiro atoms. The molecule has 9 nitrogen and oxygen atoms in total. The first kappa shape index (κ1) is 25.0. The van der Waals surface area contributed by atoms with Crippen molar-refractivity contribution in [3.8, 4) is 0 Å². The first-order valence-corrected chi connectivity index (χ1v) is 10.5. The number of hydrogen-bond donors (Lipinski definition) is 1. The van der Waals surface area contributed by atoms with Crippen LogP contribution in [0.15, 0.2) is 66.7 Å². The van der Waals surface area contributed by atoms with Crippen LogP contribution in [-0.2, 0) is 16.1 Å². The molecule has 0 aliphatic rings. The van der Waals surface area contributed by atoms with Crippen molar-refractivity contribution in [2.45, 2.75) is 6.54 Å². The molecule has 0 aromatic heterocycles. The number of ether oxygens (including phenoxy) is 1. The highest BCUT2D eigenvalue weighted by Gasteiger charge is 2.23. The van der Waals surface area contributed by atoms with Gasteiger partial charge in [-0.05, 0) is 35.9 Å². The van der Waals surface area contributed by atoms with E-state index in [-0.39, 0.29) is 34.6 Å². The Morgan fingerprint density at radius 2 is 1.69 bits per heavy atom. The van der Waals surface area contributed by atoms with Gasteiger partial charge in [0.1, 0.15) is 11.5 Å². The number of anilines is 1. The number of nitro benzene ring substituents is 1. The van der Waals surface area contributed by atoms with Crippen molar-refractivity contribution >= 4 is 29.0 Å². The van der Waals surface area contributed by atoms with Crippen LogP contribution in [0.3, 0.4) is 0 Å². The summed E-state index contributed by atoms with van der Waals surface area (Å²) in [6.45, 7) is -0.380. The molecule has 3 aromatic carbocycles. The third kappa shape index (κ3) is 6.05. The quantitative estimate of drug-likeness (QED) is 0.214. The van der Waals surface area contributed by atoms with Crippen LogP contribution in [0.5, 0.6) is 0 Å². The van der Waals surface area contributed by atoms with Crippen molar-refractivity contribution in [1.82, 2.24) is 4.90 Å². The predicted octanol–water partition coefficient (Wildman–Crippen LogP) is 3.82. The average Bonchev–Trinajstić information content (AvgIpc) is 2.87. The first-order valence-electron chi connectivity index (χ1n) is 10.5. The molecular weight excluding hydrogens is 457 g/mol. The molecule has 10 heteroatoms. The molecule has 0 bridgehead atoms. The van der Waals surface area contributed by atoms with Crippen molar-refractivity contribution in [1.29, 1.82) is 0 Å². The van der Waals surface area contributed by atoms with E-state index in [2.05, 4.69) is 5.32 Å². The van der Waals surface area contributed by atoms with Gasteiger partial charge in [0.2, 0.25) is 0 Å². The molecule has 0 heterocycles. The second kappa shape index (κ2) is 11.0. The van der Waals surface area contributed by atoms with E-state index < -0.39 is 35.0 Å². The molecule has 0 radical (unpaired) electrons. The minimum Gasteiger partial charge on any atom is -0.452 e. The lowest BCUT2D eigenvalue weighted by Crippen LogP contribution is -2.31. The van der Waals surface area contributed by atoms with Gasteiger partial charge in [0.05, 0.1) is 10.5 Å². The molecule has 0 saturated heterocycles. The Morgan fingerprint density at radius 1 is 1.03 bits per heavy atom. The maximum atomic E-state index is 13.1. The molecule has 0 aliphatic heterocycles. The van der Waals surface area contributed by atoms with E-state index in [1.54, 1.807) is 18.2 Å². The maximum absolute atomic E-state index is 13.1. The highest BCUT2D eigenvalue weighted by Crippen LogP contribution is 2.27. The lowest BCUT2D eigenvalue weighted by Gasteiger charge is -2.17. The number of hydrogen-bond acceptors (Lipinski definition) is 7. The van der Waals surface area contributed by atoms with Gasteiger partial charge in [-0.25, -0.2) is 9.18 Å². The van der Waals surface area contributed by atoms with Gasteiger partial charge in [0.25, 0.3) is 11.6 Å². The van der Waals surface area contributed by atoms with E-state index in [0.717, 1.165) is 6.07 Å². The molecule has 180 valence electrons. The monoisotopic (exact) mass is 479 g/mol. The van der Waals surface area contributed by atoms with Crippen LogP contribution in [-0.4, -0.2) is 48.2 Å². The third-order valence-electron chi connectivity index (χ3n) is 5.20. The van der Waals surface area contributed by atoms with Gasteiger partial charge >= 0.3 is 5.97 Å². The number of carbonyl (C=O) groups is 3. The molecule has 0 saturated carbocycles. The van der Waals surface area contributed by atoms with E-state index in [4.69, 9.17) is 4.74 Å². The Morgan fingerprint density at radius 3 is 2.31 bits per heavy atom. The van der Waals surface area contributed by atoms with Gasteiger partial charge in [0.15, 0.2) is 12.4 Å². The van der Waals surface area contributed by atoms with Gasteiger partial charge < -0.3 is 15.0 Å². The predicted molar refractivity (Wildman–Crippen MR) is 126 cm³/mol. The smallest absolute Gasteiger partial charge is 0.339 e. The summed E-state index contributed by atoms with van der Waals surface area (Å²) in [6, 6.07) is 15.4. The molecule has 0 aliphatic carbocycles. The Hall–Kier alpha value is -4.60. The molecule has 35 heavy (non-hydrogen) atoms. The number of esters is 1. The summed E-state index contributed by atoms with van der Waals surface area (Å²) in [5.74, 6) is -2.39. The summed E-state index contributed by atoms with van der Waals surface area (Å²) in [6.07, 6.45) is 0. The zero-order valence-electron chi connectivity index (χ0n) is 19.0. The van der Waals surface area contributed by atoms with Crippen LogP contribution in [0, 0.1) is 15.9 Å². The molecule has 0 fully saturated rings. The number of likely N-dealkylation sites (N-methyl/N-ethyl adjacent to an activating group) is 1. The number of rotatable bonds is 9. The minimum absolute atomic E-state index is 0.0175. The van der Waals surface area contributed by atoms with Crippen LogP contribution in [0.1, 0.15) is 31.8 Å². The SMILES string of the molecule is CNc1ccc(C(=O)c2ccccc2C(=O)OCC(=O)N(C)Cc2ccc(F)cc2)cc1[N+](=O)[O-]. The molecule has 0 unspecified atom stereocenters. The van der Waals surface area contributed by atoms with Crippen molar-refractivity contribution in [3.05, 3.63) is 105 Å². The molecular formula is C25H22FN3O6. The Kier molecular flexibility index (Phi) is 7.88. The zero-order valence-corrected chi connectivity index (χ0v) is 19.0. The summed E-state index contributed by atoms with van der Waals surface area (Å²) in [4.78, 5) is 50.2. The lowest BCUT2D eigenvalue weighted by atomic mass is 9.97. The number of nitrogens with zero attached hydrogens (tertiary/aromatic N) is 2. The van der Waals surface area contributed by atoms with Crippen LogP contribution >= 0.6 is 0 Å². The highest BCUT2D eigenvalue weighted by atomic mass is 19.1. The number of amides is 1. The average molecular weight is 479 g/mol. The third-order valence-corrected chi connectivity index (χ3v) is 5.20. The summed E-state index contributed by atoms with van der Waals surface area (Å²) in [5, 5.41) is 14.0. The van der Waals surface area contributed by atoms with Gasteiger partial charge in [-0.2, -0.15) is 0 Å². The Balaban J connectivity index is 1.72. The normalized spacial score (nSPS) is 10.4. The van der Waals surface area contributed by atoms with Crippen molar-refractivity contribution in [3.63, 3.8) is 0 Å². The Labute approximate surface area is 200 Å². The van der Waals surface area contributed by atoms with E-state index >= 15 is 0 Å². The fourth-order valence-electron chi connectivity index (χ4n) is 3.32. The second-order valence-corrected chi connectivity index (χ2v) is 7.57. The van der Waals surface area contributed by atoms with Gasteiger partial charge in [0, 0.05) is 37.8 Å². The molecule has 3 aromatic rings. The zero-order chi connectivity index (χ0) is 25.5. The topological polar surface area (TPSA) is 119 Å². The second-order valence-electron chi connectivity index (χ2n) is 7.57. The fraction of sp³-hybridized carbons (Fsp3) is 0.160. The van der Waals surface area contributed by atoms with Crippen LogP contribution in [0.25, 0.3) is 0 Å². The molecule has 3 rings (SSSR count). The largest absolute Gasteiger partial charge is 0.452 e. The lowest BCUT2D eigenvalue weighted by molar-refractivity contribution is -0.384. The summed E-state index contributed by atoms with van der Waals surface area (Å²) in [5.41, 5.74) is 0.577. The van der Waals surface area contributed by atoms with E-state index in [1.807, 2.05) is 0 Å². The summed E-state index contributed by atoms with van der Waals surface area (Å²) < 4.78 is 18.2. The van der Waals surface area contributed by atoms with E-state index in [0.29, 0.717) is 5.56 Å². The maximum Gasteiger partial charge on any atom is 0.339 e. The van der Waals surface area contributed by atoms with Gasteiger partial charge in [-0.1, -0.05) is 30.3 Å².